The zero-order chi connectivity index (χ0) is 9.97. The van der Waals surface area contributed by atoms with E-state index in [1.807, 2.05) is 18.2 Å². The van der Waals surface area contributed by atoms with Gasteiger partial charge in [0.15, 0.2) is 0 Å². The van der Waals surface area contributed by atoms with Crippen molar-refractivity contribution in [1.82, 2.24) is 4.90 Å². The summed E-state index contributed by atoms with van der Waals surface area (Å²) in [7, 11) is 2.18. The van der Waals surface area contributed by atoms with Crippen LogP contribution >= 0.6 is 11.6 Å². The molecule has 0 aromatic heterocycles. The number of nitrogens with zero attached hydrogens (tertiary/aromatic N) is 1. The van der Waals surface area contributed by atoms with Crippen LogP contribution in [0, 0.1) is 5.92 Å². The van der Waals surface area contributed by atoms with Crippen LogP contribution in [0.4, 0.5) is 0 Å². The molecule has 2 heteroatoms. The summed E-state index contributed by atoms with van der Waals surface area (Å²) in [6.45, 7) is 2.24. The molecule has 14 heavy (non-hydrogen) atoms. The molecule has 0 radical (unpaired) electrons. The summed E-state index contributed by atoms with van der Waals surface area (Å²) in [6.07, 6.45) is 2.83. The highest BCUT2D eigenvalue weighted by atomic mass is 35.5. The van der Waals surface area contributed by atoms with Gasteiger partial charge in [-0.3, -0.25) is 0 Å². The molecule has 0 amide bonds. The monoisotopic (exact) mass is 209 g/mol. The maximum Gasteiger partial charge on any atom is 0.0409 e. The fourth-order valence-corrected chi connectivity index (χ4v) is 1.97. The van der Waals surface area contributed by atoms with E-state index in [0.29, 0.717) is 0 Å². The number of halogens is 1. The Bertz CT molecular complexity index is 307. The van der Waals surface area contributed by atoms with Crippen molar-refractivity contribution in [1.29, 1.82) is 0 Å². The normalized spacial score (nSPS) is 16.2. The van der Waals surface area contributed by atoms with Crippen molar-refractivity contribution in [2.75, 3.05) is 13.6 Å². The van der Waals surface area contributed by atoms with Gasteiger partial charge in [-0.05, 0) is 43.5 Å². The molecule has 0 aliphatic heterocycles. The lowest BCUT2D eigenvalue weighted by atomic mass is 10.2. The van der Waals surface area contributed by atoms with Crippen molar-refractivity contribution in [3.8, 4) is 0 Å². The molecule has 0 unspecified atom stereocenters. The molecular weight excluding hydrogens is 194 g/mol. The Morgan fingerprint density at radius 2 is 2.21 bits per heavy atom. The van der Waals surface area contributed by atoms with Crippen molar-refractivity contribution in [2.45, 2.75) is 19.4 Å². The Labute approximate surface area is 90.7 Å². The highest BCUT2D eigenvalue weighted by molar-refractivity contribution is 6.30. The maximum atomic E-state index is 5.93. The van der Waals surface area contributed by atoms with Crippen LogP contribution in [0.3, 0.4) is 0 Å². The third kappa shape index (κ3) is 3.00. The van der Waals surface area contributed by atoms with E-state index >= 15 is 0 Å². The Hall–Kier alpha value is -0.530. The topological polar surface area (TPSA) is 3.24 Å². The van der Waals surface area contributed by atoms with E-state index in [0.717, 1.165) is 17.5 Å². The van der Waals surface area contributed by atoms with E-state index in [2.05, 4.69) is 18.0 Å². The Morgan fingerprint density at radius 1 is 1.43 bits per heavy atom. The number of hydrogen-bond acceptors (Lipinski definition) is 1. The van der Waals surface area contributed by atoms with Gasteiger partial charge in [-0.1, -0.05) is 23.7 Å². The van der Waals surface area contributed by atoms with Crippen LogP contribution in [0.15, 0.2) is 24.3 Å². The molecule has 2 rings (SSSR count). The molecule has 1 saturated carbocycles. The summed E-state index contributed by atoms with van der Waals surface area (Å²) in [5.41, 5.74) is 1.31. The quantitative estimate of drug-likeness (QED) is 0.737. The standard InChI is InChI=1S/C12H16ClN/c1-14(8-10-5-6-10)9-11-3-2-4-12(13)7-11/h2-4,7,10H,5-6,8-9H2,1H3. The van der Waals surface area contributed by atoms with E-state index in [-0.39, 0.29) is 0 Å². The van der Waals surface area contributed by atoms with E-state index in [4.69, 9.17) is 11.6 Å². The van der Waals surface area contributed by atoms with Crippen LogP contribution in [0.25, 0.3) is 0 Å². The molecular formula is C12H16ClN. The summed E-state index contributed by atoms with van der Waals surface area (Å²) in [5.74, 6) is 0.958. The van der Waals surface area contributed by atoms with Crippen LogP contribution in [0.2, 0.25) is 5.02 Å². The second-order valence-corrected chi connectivity index (χ2v) is 4.71. The highest BCUT2D eigenvalue weighted by Crippen LogP contribution is 2.29. The summed E-state index contributed by atoms with van der Waals surface area (Å²) in [6, 6.07) is 8.12. The molecule has 0 N–H and O–H groups in total. The van der Waals surface area contributed by atoms with Crippen molar-refractivity contribution >= 4 is 11.6 Å². The molecule has 0 heterocycles. The molecule has 1 aliphatic carbocycles. The fourth-order valence-electron chi connectivity index (χ4n) is 1.75. The predicted octanol–water partition coefficient (Wildman–Crippen LogP) is 3.18. The smallest absolute Gasteiger partial charge is 0.0409 e. The Morgan fingerprint density at radius 3 is 2.86 bits per heavy atom. The van der Waals surface area contributed by atoms with Gasteiger partial charge in [-0.2, -0.15) is 0 Å². The van der Waals surface area contributed by atoms with Crippen LogP contribution in [0.1, 0.15) is 18.4 Å². The van der Waals surface area contributed by atoms with E-state index in [1.165, 1.54) is 24.9 Å². The van der Waals surface area contributed by atoms with Crippen molar-refractivity contribution in [3.05, 3.63) is 34.9 Å². The van der Waals surface area contributed by atoms with Crippen molar-refractivity contribution in [2.24, 2.45) is 5.92 Å². The van der Waals surface area contributed by atoms with Gasteiger partial charge in [-0.15, -0.1) is 0 Å². The van der Waals surface area contributed by atoms with Crippen LogP contribution in [0.5, 0.6) is 0 Å². The molecule has 1 aromatic rings. The van der Waals surface area contributed by atoms with Gasteiger partial charge in [0.05, 0.1) is 0 Å². The molecule has 1 nitrogen and oxygen atoms in total. The van der Waals surface area contributed by atoms with Gasteiger partial charge in [0, 0.05) is 18.1 Å². The van der Waals surface area contributed by atoms with Gasteiger partial charge in [-0.25, -0.2) is 0 Å². The van der Waals surface area contributed by atoms with Crippen molar-refractivity contribution < 1.29 is 0 Å². The number of hydrogen-bond donors (Lipinski definition) is 0. The number of benzene rings is 1. The summed E-state index contributed by atoms with van der Waals surface area (Å²) >= 11 is 5.93. The molecule has 0 bridgehead atoms. The maximum absolute atomic E-state index is 5.93. The first kappa shape index (κ1) is 10.0. The van der Waals surface area contributed by atoms with Gasteiger partial charge < -0.3 is 4.90 Å². The first-order valence-corrected chi connectivity index (χ1v) is 5.55. The molecule has 1 aromatic carbocycles. The third-order valence-electron chi connectivity index (χ3n) is 2.61. The van der Waals surface area contributed by atoms with Crippen LogP contribution < -0.4 is 0 Å². The minimum atomic E-state index is 0.835. The van der Waals surface area contributed by atoms with Gasteiger partial charge >= 0.3 is 0 Å². The second kappa shape index (κ2) is 4.33. The minimum Gasteiger partial charge on any atom is -0.302 e. The Balaban J connectivity index is 1.88. The van der Waals surface area contributed by atoms with E-state index in [9.17, 15) is 0 Å². The first-order chi connectivity index (χ1) is 6.74. The fraction of sp³-hybridized carbons (Fsp3) is 0.500. The Kier molecular flexibility index (Phi) is 3.09. The lowest BCUT2D eigenvalue weighted by Crippen LogP contribution is -2.20. The third-order valence-corrected chi connectivity index (χ3v) is 2.84. The van der Waals surface area contributed by atoms with Gasteiger partial charge in [0.2, 0.25) is 0 Å². The zero-order valence-corrected chi connectivity index (χ0v) is 9.30. The van der Waals surface area contributed by atoms with E-state index < -0.39 is 0 Å². The summed E-state index contributed by atoms with van der Waals surface area (Å²) < 4.78 is 0. The average molecular weight is 210 g/mol. The molecule has 1 fully saturated rings. The van der Waals surface area contributed by atoms with Crippen LogP contribution in [-0.2, 0) is 6.54 Å². The lowest BCUT2D eigenvalue weighted by Gasteiger charge is -2.16. The molecule has 0 atom stereocenters. The molecule has 76 valence electrons. The first-order valence-electron chi connectivity index (χ1n) is 5.17. The lowest BCUT2D eigenvalue weighted by molar-refractivity contribution is 0.313. The predicted molar refractivity (Wildman–Crippen MR) is 60.5 cm³/mol. The minimum absolute atomic E-state index is 0.835. The second-order valence-electron chi connectivity index (χ2n) is 4.27. The van der Waals surface area contributed by atoms with E-state index in [1.54, 1.807) is 0 Å². The highest BCUT2D eigenvalue weighted by Gasteiger charge is 2.22. The number of rotatable bonds is 4. The average Bonchev–Trinajstić information content (AvgIpc) is 2.87. The SMILES string of the molecule is CN(Cc1cccc(Cl)c1)CC1CC1. The van der Waals surface area contributed by atoms with Crippen molar-refractivity contribution in [3.63, 3.8) is 0 Å². The van der Waals surface area contributed by atoms with Gasteiger partial charge in [0.25, 0.3) is 0 Å². The van der Waals surface area contributed by atoms with Gasteiger partial charge in [0.1, 0.15) is 0 Å². The molecule has 0 spiro atoms. The largest absolute Gasteiger partial charge is 0.302 e. The summed E-state index contributed by atoms with van der Waals surface area (Å²) in [4.78, 5) is 2.38. The van der Waals surface area contributed by atoms with Crippen LogP contribution in [-0.4, -0.2) is 18.5 Å². The zero-order valence-electron chi connectivity index (χ0n) is 8.54. The summed E-state index contributed by atoms with van der Waals surface area (Å²) in [5, 5.41) is 0.835. The molecule has 0 saturated heterocycles. The molecule has 1 aliphatic rings.